The lowest BCUT2D eigenvalue weighted by Gasteiger charge is -2.29. The van der Waals surface area contributed by atoms with E-state index in [-0.39, 0.29) is 5.41 Å². The number of thiophene rings is 1. The Morgan fingerprint density at radius 1 is 0.549 bits per heavy atom. The molecule has 0 saturated heterocycles. The summed E-state index contributed by atoms with van der Waals surface area (Å²) in [6.07, 6.45) is 0. The minimum atomic E-state index is -0.114. The van der Waals surface area contributed by atoms with Gasteiger partial charge < -0.3 is 13.7 Å². The summed E-state index contributed by atoms with van der Waals surface area (Å²) in [7, 11) is 0. The molecule has 3 heterocycles. The van der Waals surface area contributed by atoms with Crippen LogP contribution in [0.1, 0.15) is 25.0 Å². The Bertz CT molecular complexity index is 3020. The second-order valence-corrected chi connectivity index (χ2v) is 15.1. The number of anilines is 3. The van der Waals surface area contributed by atoms with E-state index in [9.17, 15) is 0 Å². The first-order valence-electron chi connectivity index (χ1n) is 17.3. The van der Waals surface area contributed by atoms with Crippen molar-refractivity contribution >= 4 is 81.6 Å². The normalized spacial score (nSPS) is 13.5. The summed E-state index contributed by atoms with van der Waals surface area (Å²) in [5.41, 5.74) is 12.5. The number of furan rings is 1. The number of hydrogen-bond donors (Lipinski definition) is 0. The van der Waals surface area contributed by atoms with Crippen LogP contribution in [0.3, 0.4) is 0 Å². The monoisotopic (exact) mass is 674 g/mol. The number of nitrogens with zero attached hydrogens (tertiary/aromatic N) is 2. The van der Waals surface area contributed by atoms with Gasteiger partial charge >= 0.3 is 0 Å². The molecule has 0 fully saturated rings. The Kier molecular flexibility index (Phi) is 5.85. The maximum Gasteiger partial charge on any atom is 0.227 e. The highest BCUT2D eigenvalue weighted by atomic mass is 32.1. The van der Waals surface area contributed by atoms with Crippen molar-refractivity contribution in [3.8, 4) is 22.6 Å². The van der Waals surface area contributed by atoms with Gasteiger partial charge in [-0.3, -0.25) is 0 Å². The maximum absolute atomic E-state index is 6.62. The van der Waals surface area contributed by atoms with Gasteiger partial charge in [-0.05, 0) is 71.3 Å². The van der Waals surface area contributed by atoms with Crippen LogP contribution in [0.5, 0.6) is 0 Å². The maximum atomic E-state index is 6.62. The van der Waals surface area contributed by atoms with Crippen LogP contribution in [0.25, 0.3) is 75.8 Å². The zero-order chi connectivity index (χ0) is 33.8. The first-order chi connectivity index (χ1) is 25.0. The Hall–Kier alpha value is -6.17. The molecule has 0 unspecified atom stereocenters. The molecule has 0 radical (unpaired) electrons. The lowest BCUT2D eigenvalue weighted by atomic mass is 9.82. The van der Waals surface area contributed by atoms with Crippen molar-refractivity contribution in [1.82, 2.24) is 4.98 Å². The highest BCUT2D eigenvalue weighted by molar-refractivity contribution is 7.25. The number of aromatic nitrogens is 1. The summed E-state index contributed by atoms with van der Waals surface area (Å²) >= 11 is 1.84. The van der Waals surface area contributed by atoms with Crippen molar-refractivity contribution in [3.63, 3.8) is 0 Å². The van der Waals surface area contributed by atoms with Gasteiger partial charge in [-0.15, -0.1) is 11.3 Å². The zero-order valence-corrected chi connectivity index (χ0v) is 28.8. The molecule has 10 aromatic rings. The van der Waals surface area contributed by atoms with Gasteiger partial charge in [0.15, 0.2) is 5.58 Å². The molecule has 0 bridgehead atoms. The van der Waals surface area contributed by atoms with Crippen LogP contribution in [0.4, 0.5) is 17.1 Å². The quantitative estimate of drug-likeness (QED) is 0.186. The molecule has 0 N–H and O–H groups in total. The van der Waals surface area contributed by atoms with E-state index >= 15 is 0 Å². The minimum absolute atomic E-state index is 0.114. The van der Waals surface area contributed by atoms with E-state index in [4.69, 9.17) is 13.8 Å². The van der Waals surface area contributed by atoms with Gasteiger partial charge in [-0.2, -0.15) is 0 Å². The van der Waals surface area contributed by atoms with E-state index in [1.165, 1.54) is 42.4 Å². The number of benzene rings is 7. The molecule has 242 valence electrons. The van der Waals surface area contributed by atoms with Gasteiger partial charge in [0, 0.05) is 71.0 Å². The van der Waals surface area contributed by atoms with Crippen LogP contribution in [-0.4, -0.2) is 4.98 Å². The van der Waals surface area contributed by atoms with Gasteiger partial charge in [0.2, 0.25) is 5.89 Å². The van der Waals surface area contributed by atoms with Crippen molar-refractivity contribution in [3.05, 3.63) is 157 Å². The topological polar surface area (TPSA) is 42.4 Å². The summed E-state index contributed by atoms with van der Waals surface area (Å²) in [5.74, 6) is 0.608. The number of fused-ring (bicyclic) bond motifs is 10. The largest absolute Gasteiger partial charge is 0.456 e. The molecule has 1 aliphatic rings. The van der Waals surface area contributed by atoms with Crippen LogP contribution >= 0.6 is 11.3 Å². The van der Waals surface area contributed by atoms with Crippen LogP contribution < -0.4 is 4.90 Å². The smallest absolute Gasteiger partial charge is 0.227 e. The molecule has 3 aromatic heterocycles. The molecule has 0 atom stereocenters. The predicted molar refractivity (Wildman–Crippen MR) is 212 cm³/mol. The van der Waals surface area contributed by atoms with Gasteiger partial charge in [-0.1, -0.05) is 92.7 Å². The van der Waals surface area contributed by atoms with Gasteiger partial charge in [0.1, 0.15) is 16.7 Å². The van der Waals surface area contributed by atoms with E-state index in [1.807, 2.05) is 47.7 Å². The SMILES string of the molecule is CC1(C)c2ccccc2-c2c(N(c3ccc4c(c3)oc3cc5nc(-c6ccccc6)oc5cc34)c3ccc4c(c3)sc3ccccc34)cccc21. The standard InChI is InChI=1S/C46H30N2O2S/c1-46(2)35-15-8-6-14-33(35)44-36(46)16-10-17-38(44)48(29-20-22-32-31-13-7-9-18-42(31)51-43(32)24-29)28-19-21-30-34-25-41-37(26-40(34)49-39(30)23-28)47-45(50-41)27-11-4-3-5-12-27/h3-26H,1-2H3. The van der Waals surface area contributed by atoms with Crippen molar-refractivity contribution < 1.29 is 8.83 Å². The summed E-state index contributed by atoms with van der Waals surface area (Å²) in [6.45, 7) is 4.67. The first kappa shape index (κ1) is 28.6. The van der Waals surface area contributed by atoms with Crippen LogP contribution in [-0.2, 0) is 5.41 Å². The van der Waals surface area contributed by atoms with Gasteiger partial charge in [-0.25, -0.2) is 4.98 Å². The summed E-state index contributed by atoms with van der Waals surface area (Å²) < 4.78 is 15.4. The number of hydrogen-bond acceptors (Lipinski definition) is 5. The van der Waals surface area contributed by atoms with Crippen molar-refractivity contribution in [2.75, 3.05) is 4.90 Å². The highest BCUT2D eigenvalue weighted by Crippen LogP contribution is 2.54. The first-order valence-corrected chi connectivity index (χ1v) is 18.1. The molecule has 7 aromatic carbocycles. The average molecular weight is 675 g/mol. The lowest BCUT2D eigenvalue weighted by molar-refractivity contribution is 0.620. The van der Waals surface area contributed by atoms with Crippen LogP contribution in [0.2, 0.25) is 0 Å². The fourth-order valence-electron chi connectivity index (χ4n) is 8.23. The second kappa shape index (κ2) is 10.4. The van der Waals surface area contributed by atoms with E-state index in [2.05, 4.69) is 128 Å². The molecule has 0 aliphatic heterocycles. The second-order valence-electron chi connectivity index (χ2n) is 14.0. The fourth-order valence-corrected chi connectivity index (χ4v) is 9.37. The highest BCUT2D eigenvalue weighted by Gasteiger charge is 2.37. The Morgan fingerprint density at radius 3 is 2.18 bits per heavy atom. The minimum Gasteiger partial charge on any atom is -0.456 e. The average Bonchev–Trinajstić information content (AvgIpc) is 3.91. The lowest BCUT2D eigenvalue weighted by Crippen LogP contribution is -2.16. The molecular formula is C46H30N2O2S. The zero-order valence-electron chi connectivity index (χ0n) is 28.0. The van der Waals surface area contributed by atoms with E-state index < -0.39 is 0 Å². The Morgan fingerprint density at radius 2 is 1.27 bits per heavy atom. The van der Waals surface area contributed by atoms with E-state index in [0.717, 1.165) is 55.7 Å². The van der Waals surface area contributed by atoms with Crippen LogP contribution in [0.15, 0.2) is 154 Å². The van der Waals surface area contributed by atoms with Crippen molar-refractivity contribution in [2.45, 2.75) is 19.3 Å². The Balaban J connectivity index is 1.12. The third-order valence-corrected chi connectivity index (χ3v) is 11.8. The number of oxazole rings is 1. The molecular weight excluding hydrogens is 645 g/mol. The fraction of sp³-hybridized carbons (Fsp3) is 0.0652. The third-order valence-electron chi connectivity index (χ3n) is 10.7. The van der Waals surface area contributed by atoms with Gasteiger partial charge in [0.25, 0.3) is 0 Å². The molecule has 1 aliphatic carbocycles. The van der Waals surface area contributed by atoms with E-state index in [1.54, 1.807) is 0 Å². The molecule has 5 heteroatoms. The molecule has 4 nitrogen and oxygen atoms in total. The molecule has 11 rings (SSSR count). The van der Waals surface area contributed by atoms with Crippen LogP contribution in [0, 0.1) is 0 Å². The van der Waals surface area contributed by atoms with Crippen molar-refractivity contribution in [1.29, 1.82) is 0 Å². The predicted octanol–water partition coefficient (Wildman–Crippen LogP) is 13.5. The molecule has 0 amide bonds. The molecule has 51 heavy (non-hydrogen) atoms. The summed E-state index contributed by atoms with van der Waals surface area (Å²) in [6, 6.07) is 51.8. The van der Waals surface area contributed by atoms with Gasteiger partial charge in [0.05, 0.1) is 5.69 Å². The third kappa shape index (κ3) is 4.16. The van der Waals surface area contributed by atoms with E-state index in [0.29, 0.717) is 5.89 Å². The molecule has 0 saturated carbocycles. The summed E-state index contributed by atoms with van der Waals surface area (Å²) in [5, 5.41) is 4.63. The molecule has 0 spiro atoms. The Labute approximate surface area is 297 Å². The van der Waals surface area contributed by atoms with Crippen molar-refractivity contribution in [2.24, 2.45) is 0 Å². The number of rotatable bonds is 4. The summed E-state index contributed by atoms with van der Waals surface area (Å²) in [4.78, 5) is 7.21.